The first-order chi connectivity index (χ1) is 11.6. The van der Waals surface area contributed by atoms with E-state index in [1.165, 1.54) is 17.4 Å². The molecule has 0 aliphatic heterocycles. The summed E-state index contributed by atoms with van der Waals surface area (Å²) in [4.78, 5) is 17.6. The molecular formula is C18H13F2NO2S. The average molecular weight is 345 g/mol. The Balaban J connectivity index is 1.99. The first-order valence-electron chi connectivity index (χ1n) is 7.27. The summed E-state index contributed by atoms with van der Waals surface area (Å²) in [5, 5.41) is 0. The van der Waals surface area contributed by atoms with E-state index in [2.05, 4.69) is 4.98 Å². The number of carbonyl (C=O) groups is 1. The third-order valence-electron chi connectivity index (χ3n) is 3.38. The van der Waals surface area contributed by atoms with Crippen LogP contribution in [-0.2, 0) is 0 Å². The maximum absolute atomic E-state index is 14.4. The van der Waals surface area contributed by atoms with Crippen molar-refractivity contribution >= 4 is 17.1 Å². The van der Waals surface area contributed by atoms with Crippen molar-refractivity contribution in [2.45, 2.75) is 6.92 Å². The van der Waals surface area contributed by atoms with Gasteiger partial charge < -0.3 is 4.74 Å². The largest absolute Gasteiger partial charge is 0.491 e. The van der Waals surface area contributed by atoms with Crippen LogP contribution in [0.15, 0.2) is 48.8 Å². The van der Waals surface area contributed by atoms with Gasteiger partial charge in [-0.3, -0.25) is 9.78 Å². The van der Waals surface area contributed by atoms with E-state index in [0.29, 0.717) is 0 Å². The predicted octanol–water partition coefficient (Wildman–Crippen LogP) is 4.72. The molecule has 1 aromatic carbocycles. The Labute approximate surface area is 141 Å². The summed E-state index contributed by atoms with van der Waals surface area (Å²) >= 11 is 1.17. The molecule has 24 heavy (non-hydrogen) atoms. The lowest BCUT2D eigenvalue weighted by Crippen LogP contribution is -2.08. The number of ether oxygens (including phenoxy) is 1. The number of rotatable bonds is 5. The molecule has 0 N–H and O–H groups in total. The molecule has 2 aromatic heterocycles. The summed E-state index contributed by atoms with van der Waals surface area (Å²) < 4.78 is 33.5. The van der Waals surface area contributed by atoms with E-state index in [9.17, 15) is 13.6 Å². The highest BCUT2D eigenvalue weighted by molar-refractivity contribution is 7.17. The third kappa shape index (κ3) is 3.05. The average Bonchev–Trinajstić information content (AvgIpc) is 3.08. The second-order valence-corrected chi connectivity index (χ2v) is 5.98. The summed E-state index contributed by atoms with van der Waals surface area (Å²) in [5.41, 5.74) is 0.294. The van der Waals surface area contributed by atoms with Crippen molar-refractivity contribution in [3.8, 4) is 16.2 Å². The van der Waals surface area contributed by atoms with Gasteiger partial charge in [-0.05, 0) is 48.9 Å². The Kier molecular flexibility index (Phi) is 4.66. The van der Waals surface area contributed by atoms with Gasteiger partial charge in [0.15, 0.2) is 11.6 Å². The monoisotopic (exact) mass is 345 g/mol. The molecule has 0 atom stereocenters. The maximum Gasteiger partial charge on any atom is 0.209 e. The Morgan fingerprint density at radius 3 is 2.58 bits per heavy atom. The van der Waals surface area contributed by atoms with Crippen LogP contribution in [0.5, 0.6) is 5.75 Å². The molecular weight excluding hydrogens is 332 g/mol. The van der Waals surface area contributed by atoms with Crippen LogP contribution in [-0.4, -0.2) is 17.4 Å². The summed E-state index contributed by atoms with van der Waals surface area (Å²) in [5.74, 6) is -2.70. The zero-order valence-corrected chi connectivity index (χ0v) is 13.6. The molecule has 3 nitrogen and oxygen atoms in total. The van der Waals surface area contributed by atoms with E-state index in [-0.39, 0.29) is 17.2 Å². The number of hydrogen-bond donors (Lipinski definition) is 0. The van der Waals surface area contributed by atoms with Crippen LogP contribution in [0.4, 0.5) is 8.78 Å². The Hall–Kier alpha value is -2.60. The fraction of sp³-hybridized carbons (Fsp3) is 0.111. The lowest BCUT2D eigenvalue weighted by atomic mass is 10.1. The normalized spacial score (nSPS) is 10.6. The molecule has 0 aliphatic rings. The molecule has 0 amide bonds. The highest BCUT2D eigenvalue weighted by Gasteiger charge is 2.23. The number of aromatic nitrogens is 1. The molecule has 0 saturated carbocycles. The lowest BCUT2D eigenvalue weighted by molar-refractivity contribution is 0.103. The molecule has 122 valence electrons. The van der Waals surface area contributed by atoms with Gasteiger partial charge in [-0.25, -0.2) is 8.78 Å². The van der Waals surface area contributed by atoms with E-state index in [0.717, 1.165) is 16.5 Å². The fourth-order valence-electron chi connectivity index (χ4n) is 2.26. The maximum atomic E-state index is 14.4. The van der Waals surface area contributed by atoms with Crippen molar-refractivity contribution in [1.82, 2.24) is 4.98 Å². The van der Waals surface area contributed by atoms with E-state index in [4.69, 9.17) is 4.74 Å². The number of carbonyl (C=O) groups excluding carboxylic acids is 1. The van der Waals surface area contributed by atoms with E-state index in [1.54, 1.807) is 43.6 Å². The molecule has 0 saturated heterocycles. The number of halogens is 2. The molecule has 0 aliphatic carbocycles. The number of hydrogen-bond acceptors (Lipinski definition) is 4. The van der Waals surface area contributed by atoms with Crippen molar-refractivity contribution in [1.29, 1.82) is 0 Å². The third-order valence-corrected chi connectivity index (χ3v) is 4.51. The van der Waals surface area contributed by atoms with Gasteiger partial charge in [0, 0.05) is 17.3 Å². The van der Waals surface area contributed by atoms with Crippen LogP contribution >= 0.6 is 11.3 Å². The molecule has 6 heteroatoms. The van der Waals surface area contributed by atoms with E-state index >= 15 is 0 Å². The SMILES string of the molecule is CCOc1ccc(F)c(C(=O)c2ccc(-c3ccncc3)s2)c1F. The summed E-state index contributed by atoms with van der Waals surface area (Å²) in [6, 6.07) is 9.14. The molecule has 3 aromatic rings. The number of ketones is 1. The van der Waals surface area contributed by atoms with Gasteiger partial charge in [0.1, 0.15) is 5.82 Å². The number of nitrogens with zero attached hydrogens (tertiary/aromatic N) is 1. The van der Waals surface area contributed by atoms with Gasteiger partial charge in [-0.15, -0.1) is 11.3 Å². The second-order valence-electron chi connectivity index (χ2n) is 4.90. The van der Waals surface area contributed by atoms with Gasteiger partial charge in [0.05, 0.1) is 17.0 Å². The zero-order chi connectivity index (χ0) is 17.1. The van der Waals surface area contributed by atoms with Crippen LogP contribution in [0, 0.1) is 11.6 Å². The van der Waals surface area contributed by atoms with Crippen molar-refractivity contribution in [3.05, 3.63) is 70.9 Å². The van der Waals surface area contributed by atoms with Gasteiger partial charge in [-0.2, -0.15) is 0 Å². The molecule has 0 bridgehead atoms. The van der Waals surface area contributed by atoms with Crippen LogP contribution in [0.1, 0.15) is 22.2 Å². The van der Waals surface area contributed by atoms with Crippen molar-refractivity contribution in [2.75, 3.05) is 6.61 Å². The topological polar surface area (TPSA) is 39.2 Å². The van der Waals surface area contributed by atoms with Gasteiger partial charge >= 0.3 is 0 Å². The van der Waals surface area contributed by atoms with Crippen LogP contribution in [0.3, 0.4) is 0 Å². The molecule has 2 heterocycles. The second kappa shape index (κ2) is 6.88. The fourth-order valence-corrected chi connectivity index (χ4v) is 3.22. The molecule has 0 unspecified atom stereocenters. The van der Waals surface area contributed by atoms with Crippen LogP contribution in [0.2, 0.25) is 0 Å². The van der Waals surface area contributed by atoms with Crippen molar-refractivity contribution in [3.63, 3.8) is 0 Å². The predicted molar refractivity (Wildman–Crippen MR) is 88.5 cm³/mol. The zero-order valence-electron chi connectivity index (χ0n) is 12.8. The number of pyridine rings is 1. The summed E-state index contributed by atoms with van der Waals surface area (Å²) in [6.07, 6.45) is 3.28. The quantitative estimate of drug-likeness (QED) is 0.628. The molecule has 0 radical (unpaired) electrons. The Morgan fingerprint density at radius 1 is 1.12 bits per heavy atom. The lowest BCUT2D eigenvalue weighted by Gasteiger charge is -2.08. The van der Waals surface area contributed by atoms with E-state index < -0.39 is 23.0 Å². The van der Waals surface area contributed by atoms with Gasteiger partial charge in [0.2, 0.25) is 5.78 Å². The highest BCUT2D eigenvalue weighted by atomic mass is 32.1. The minimum atomic E-state index is -0.972. The minimum absolute atomic E-state index is 0.131. The number of thiophene rings is 1. The first-order valence-corrected chi connectivity index (χ1v) is 8.09. The van der Waals surface area contributed by atoms with Crippen LogP contribution < -0.4 is 4.74 Å². The molecule has 0 spiro atoms. The standard InChI is InChI=1S/C18H13F2NO2S/c1-2-23-13-4-3-12(19)16(17(13)20)18(22)15-6-5-14(24-15)11-7-9-21-10-8-11/h3-10H,2H2,1H3. The minimum Gasteiger partial charge on any atom is -0.491 e. The van der Waals surface area contributed by atoms with Gasteiger partial charge in [0.25, 0.3) is 0 Å². The molecule has 3 rings (SSSR count). The van der Waals surface area contributed by atoms with E-state index in [1.807, 2.05) is 0 Å². The van der Waals surface area contributed by atoms with Crippen LogP contribution in [0.25, 0.3) is 10.4 Å². The first kappa shape index (κ1) is 16.3. The Morgan fingerprint density at radius 2 is 1.88 bits per heavy atom. The summed E-state index contributed by atoms with van der Waals surface area (Å²) in [6.45, 7) is 1.91. The van der Waals surface area contributed by atoms with Crippen molar-refractivity contribution in [2.24, 2.45) is 0 Å². The van der Waals surface area contributed by atoms with Gasteiger partial charge in [-0.1, -0.05) is 0 Å². The summed E-state index contributed by atoms with van der Waals surface area (Å²) in [7, 11) is 0. The highest BCUT2D eigenvalue weighted by Crippen LogP contribution is 2.31. The number of benzene rings is 1. The molecule has 0 fully saturated rings. The van der Waals surface area contributed by atoms with Crippen molar-refractivity contribution < 1.29 is 18.3 Å². The smallest absolute Gasteiger partial charge is 0.209 e. The Bertz CT molecular complexity index is 878.